The van der Waals surface area contributed by atoms with Gasteiger partial charge in [-0.05, 0) is 6.92 Å². The molecule has 1 fully saturated rings. The Morgan fingerprint density at radius 1 is 1.19 bits per heavy atom. The molecule has 1 amide bonds. The van der Waals surface area contributed by atoms with Gasteiger partial charge < -0.3 is 34.8 Å². The fraction of sp³-hybridized carbons (Fsp3) is 0.722. The average molecular weight is 472 g/mol. The van der Waals surface area contributed by atoms with Crippen molar-refractivity contribution in [2.45, 2.75) is 58.8 Å². The number of carbonyl (C=O) groups is 5. The number of carbonyl (C=O) groups excluding carboxylic acids is 3. The van der Waals surface area contributed by atoms with Crippen LogP contribution in [0.5, 0.6) is 0 Å². The third-order valence-corrected chi connectivity index (χ3v) is 3.29. The lowest BCUT2D eigenvalue weighted by Crippen LogP contribution is -2.40. The summed E-state index contributed by atoms with van der Waals surface area (Å²) < 4.78 is 15.0. The van der Waals surface area contributed by atoms with E-state index in [2.05, 4.69) is 22.7 Å². The summed E-state index contributed by atoms with van der Waals surface area (Å²) in [6.45, 7) is 5.70. The van der Waals surface area contributed by atoms with E-state index in [-0.39, 0.29) is 24.8 Å². The topological polar surface area (TPSA) is 186 Å². The molecule has 3 unspecified atom stereocenters. The zero-order chi connectivity index (χ0) is 24.8. The van der Waals surface area contributed by atoms with E-state index < -0.39 is 30.6 Å². The van der Waals surface area contributed by atoms with Gasteiger partial charge in [0.2, 0.25) is 6.41 Å². The van der Waals surface area contributed by atoms with E-state index in [9.17, 15) is 14.4 Å². The molecule has 0 aromatic rings. The second-order valence-corrected chi connectivity index (χ2v) is 6.11. The molecule has 3 atom stereocenters. The van der Waals surface area contributed by atoms with Crippen molar-refractivity contribution in [3.05, 3.63) is 0 Å². The molecule has 0 aromatic carbocycles. The Hall–Kier alpha value is -2.38. The Balaban J connectivity index is -0.000000379. The smallest absolute Gasteiger partial charge is 0.331 e. The summed E-state index contributed by atoms with van der Waals surface area (Å²) in [6, 6.07) is -0.938. The summed E-state index contributed by atoms with van der Waals surface area (Å²) in [5, 5.41) is 25.5. The predicted octanol–water partition coefficient (Wildman–Crippen LogP) is -0.135. The van der Waals surface area contributed by atoms with Gasteiger partial charge in [0.05, 0.1) is 25.9 Å². The highest BCUT2D eigenvalue weighted by molar-refractivity contribution is 7.80. The van der Waals surface area contributed by atoms with Crippen molar-refractivity contribution >= 4 is 42.9 Å². The normalized spacial score (nSPS) is 17.4. The van der Waals surface area contributed by atoms with E-state index in [1.54, 1.807) is 6.92 Å². The van der Waals surface area contributed by atoms with Gasteiger partial charge in [-0.2, -0.15) is 12.6 Å². The van der Waals surface area contributed by atoms with Crippen LogP contribution in [0.1, 0.15) is 40.5 Å². The second kappa shape index (κ2) is 22.3. The molecule has 1 aliphatic rings. The Kier molecular flexibility index (Phi) is 23.9. The third-order valence-electron chi connectivity index (χ3n) is 2.88. The summed E-state index contributed by atoms with van der Waals surface area (Å²) in [6.07, 6.45) is 2.12. The zero-order valence-electron chi connectivity index (χ0n) is 18.1. The van der Waals surface area contributed by atoms with Gasteiger partial charge in [0.25, 0.3) is 11.9 Å². The maximum absolute atomic E-state index is 10.8. The molecule has 0 radical (unpaired) electrons. The van der Waals surface area contributed by atoms with Crippen molar-refractivity contribution in [3.8, 4) is 0 Å². The number of carboxylic acids is 2. The number of hydrogen-bond donors (Lipinski definition) is 5. The molecule has 0 aliphatic carbocycles. The highest BCUT2D eigenvalue weighted by atomic mass is 32.1. The molecule has 0 spiro atoms. The summed E-state index contributed by atoms with van der Waals surface area (Å²) >= 11 is 4.13. The minimum absolute atomic E-state index is 0.0356. The van der Waals surface area contributed by atoms with E-state index in [1.807, 2.05) is 0 Å². The molecule has 31 heavy (non-hydrogen) atoms. The minimum atomic E-state index is -0.938. The SMILES string of the molecule is CC(=O)O.CC(=O)O.CC(=O)OC1CCOC(CS)C1.CCOC(=O)C(CO)NC=O. The van der Waals surface area contributed by atoms with Crippen molar-refractivity contribution in [1.29, 1.82) is 0 Å². The van der Waals surface area contributed by atoms with Crippen molar-refractivity contribution in [1.82, 2.24) is 5.32 Å². The van der Waals surface area contributed by atoms with E-state index in [0.717, 1.165) is 26.7 Å². The Morgan fingerprint density at radius 2 is 1.71 bits per heavy atom. The lowest BCUT2D eigenvalue weighted by Gasteiger charge is -2.27. The number of carboxylic acid groups (broad SMARTS) is 2. The Bertz CT molecular complexity index is 511. The van der Waals surface area contributed by atoms with Crippen LogP contribution in [0.3, 0.4) is 0 Å². The molecule has 1 heterocycles. The number of aliphatic hydroxyl groups excluding tert-OH is 1. The number of rotatable bonds is 7. The molecule has 13 heteroatoms. The van der Waals surface area contributed by atoms with Crippen molar-refractivity contribution < 1.29 is 53.5 Å². The third kappa shape index (κ3) is 27.6. The number of nitrogens with one attached hydrogen (secondary N) is 1. The lowest BCUT2D eigenvalue weighted by molar-refractivity contribution is -0.152. The fourth-order valence-corrected chi connectivity index (χ4v) is 2.09. The largest absolute Gasteiger partial charge is 0.481 e. The molecule has 0 aromatic heterocycles. The highest BCUT2D eigenvalue weighted by Gasteiger charge is 2.23. The van der Waals surface area contributed by atoms with Crippen molar-refractivity contribution in [2.75, 3.05) is 25.6 Å². The number of aliphatic hydroxyl groups is 1. The van der Waals surface area contributed by atoms with Crippen LogP contribution in [-0.2, 0) is 38.2 Å². The molecule has 1 rings (SSSR count). The summed E-state index contributed by atoms with van der Waals surface area (Å²) in [7, 11) is 0. The van der Waals surface area contributed by atoms with Gasteiger partial charge >= 0.3 is 11.9 Å². The summed E-state index contributed by atoms with van der Waals surface area (Å²) in [5.74, 6) is -1.81. The molecular weight excluding hydrogens is 438 g/mol. The first-order chi connectivity index (χ1) is 14.4. The quantitative estimate of drug-likeness (QED) is 0.189. The molecule has 1 aliphatic heterocycles. The summed E-state index contributed by atoms with van der Waals surface area (Å²) in [5.41, 5.74) is 0. The Labute approximate surface area is 186 Å². The van der Waals surface area contributed by atoms with Crippen LogP contribution in [-0.4, -0.2) is 89.4 Å². The second-order valence-electron chi connectivity index (χ2n) is 5.74. The van der Waals surface area contributed by atoms with Crippen LogP contribution in [0.4, 0.5) is 0 Å². The maximum Gasteiger partial charge on any atom is 0.331 e. The number of hydrogen-bond acceptors (Lipinski definition) is 10. The van der Waals surface area contributed by atoms with Crippen LogP contribution in [0, 0.1) is 0 Å². The zero-order valence-corrected chi connectivity index (χ0v) is 19.0. The first-order valence-electron chi connectivity index (χ1n) is 9.20. The van der Waals surface area contributed by atoms with Crippen LogP contribution >= 0.6 is 12.6 Å². The van der Waals surface area contributed by atoms with E-state index in [1.165, 1.54) is 6.92 Å². The highest BCUT2D eigenvalue weighted by Crippen LogP contribution is 2.17. The number of ether oxygens (including phenoxy) is 3. The average Bonchev–Trinajstić information content (AvgIpc) is 2.65. The minimum Gasteiger partial charge on any atom is -0.481 e. The molecule has 0 saturated carbocycles. The van der Waals surface area contributed by atoms with E-state index in [0.29, 0.717) is 18.8 Å². The molecule has 4 N–H and O–H groups in total. The lowest BCUT2D eigenvalue weighted by atomic mass is 10.1. The number of esters is 2. The van der Waals surface area contributed by atoms with Crippen LogP contribution in [0.2, 0.25) is 0 Å². The van der Waals surface area contributed by atoms with Gasteiger partial charge in [0.1, 0.15) is 12.1 Å². The number of amides is 1. The molecular formula is C18H33NO11S. The van der Waals surface area contributed by atoms with Gasteiger partial charge in [-0.15, -0.1) is 0 Å². The fourth-order valence-electron chi connectivity index (χ4n) is 1.83. The molecule has 1 saturated heterocycles. The Morgan fingerprint density at radius 3 is 2.06 bits per heavy atom. The summed E-state index contributed by atoms with van der Waals surface area (Å²) in [4.78, 5) is 49.2. The predicted molar refractivity (Wildman–Crippen MR) is 112 cm³/mol. The van der Waals surface area contributed by atoms with Crippen molar-refractivity contribution in [2.24, 2.45) is 0 Å². The first kappa shape index (κ1) is 33.3. The van der Waals surface area contributed by atoms with Gasteiger partial charge in [0, 0.05) is 39.4 Å². The van der Waals surface area contributed by atoms with Crippen LogP contribution < -0.4 is 5.32 Å². The van der Waals surface area contributed by atoms with Crippen LogP contribution in [0.15, 0.2) is 0 Å². The van der Waals surface area contributed by atoms with Gasteiger partial charge in [-0.25, -0.2) is 4.79 Å². The first-order valence-corrected chi connectivity index (χ1v) is 9.84. The van der Waals surface area contributed by atoms with Gasteiger partial charge in [-0.1, -0.05) is 0 Å². The number of aliphatic carboxylic acids is 2. The van der Waals surface area contributed by atoms with Crippen LogP contribution in [0.25, 0.3) is 0 Å². The maximum atomic E-state index is 10.8. The van der Waals surface area contributed by atoms with E-state index in [4.69, 9.17) is 34.4 Å². The molecule has 182 valence electrons. The molecule has 12 nitrogen and oxygen atoms in total. The monoisotopic (exact) mass is 471 g/mol. The standard InChI is InChI=1S/C8H14O3S.C6H11NO4.2C2H4O2/c1-6(9)11-7-2-3-10-8(4-7)5-12;1-2-11-6(10)5(3-8)7-4-9;2*1-2(3)4/h7-8,12H,2-5H2,1H3;4-5,8H,2-3H2,1H3,(H,7,9);2*1H3,(H,3,4). The van der Waals surface area contributed by atoms with Gasteiger partial charge in [0.15, 0.2) is 0 Å². The number of thiol groups is 1. The van der Waals surface area contributed by atoms with Gasteiger partial charge in [-0.3, -0.25) is 19.2 Å². The van der Waals surface area contributed by atoms with E-state index >= 15 is 0 Å². The van der Waals surface area contributed by atoms with Crippen molar-refractivity contribution in [3.63, 3.8) is 0 Å². The molecule has 0 bridgehead atoms.